The van der Waals surface area contributed by atoms with Crippen LogP contribution in [0.2, 0.25) is 0 Å². The Morgan fingerprint density at radius 2 is 2.04 bits per heavy atom. The monoisotopic (exact) mass is 330 g/mol. The highest BCUT2D eigenvalue weighted by Gasteiger charge is 2.25. The van der Waals surface area contributed by atoms with Crippen LogP contribution in [0.3, 0.4) is 0 Å². The van der Waals surface area contributed by atoms with Crippen molar-refractivity contribution in [3.05, 3.63) is 30.2 Å². The maximum Gasteiger partial charge on any atom is 0.225 e. The summed E-state index contributed by atoms with van der Waals surface area (Å²) in [5, 5.41) is 0.819. The van der Waals surface area contributed by atoms with E-state index in [1.54, 1.807) is 11.8 Å². The largest absolute Gasteiger partial charge is 0.354 e. The van der Waals surface area contributed by atoms with Crippen molar-refractivity contribution in [1.29, 1.82) is 0 Å². The lowest BCUT2D eigenvalue weighted by Gasteiger charge is -2.38. The molecule has 3 heterocycles. The van der Waals surface area contributed by atoms with Gasteiger partial charge in [-0.3, -0.25) is 0 Å². The fourth-order valence-electron chi connectivity index (χ4n) is 2.82. The lowest BCUT2D eigenvalue weighted by Crippen LogP contribution is -2.47. The van der Waals surface area contributed by atoms with E-state index in [4.69, 9.17) is 0 Å². The maximum atomic E-state index is 4.62. The Hall–Kier alpha value is -1.89. The van der Waals surface area contributed by atoms with Gasteiger partial charge in [0.15, 0.2) is 5.16 Å². The third kappa shape index (κ3) is 3.72. The van der Waals surface area contributed by atoms with Gasteiger partial charge < -0.3 is 9.80 Å². The molecule has 23 heavy (non-hydrogen) atoms. The van der Waals surface area contributed by atoms with Gasteiger partial charge in [0.1, 0.15) is 5.82 Å². The Morgan fingerprint density at radius 3 is 2.78 bits per heavy atom. The molecule has 0 saturated carbocycles. The first-order chi connectivity index (χ1) is 11.2. The molecule has 1 aliphatic rings. The van der Waals surface area contributed by atoms with Crippen molar-refractivity contribution in [2.24, 2.45) is 0 Å². The number of hydrogen-bond donors (Lipinski definition) is 0. The van der Waals surface area contributed by atoms with Crippen molar-refractivity contribution < 1.29 is 0 Å². The number of anilines is 2. The van der Waals surface area contributed by atoms with Gasteiger partial charge in [0, 0.05) is 44.8 Å². The fraction of sp³-hybridized carbons (Fsp3) is 0.500. The molecule has 1 unspecified atom stereocenters. The second kappa shape index (κ2) is 7.12. The summed E-state index contributed by atoms with van der Waals surface area (Å²) in [6, 6.07) is 2.38. The van der Waals surface area contributed by atoms with Crippen LogP contribution in [0.5, 0.6) is 0 Å². The zero-order chi connectivity index (χ0) is 16.2. The lowest BCUT2D eigenvalue weighted by atomic mass is 10.0. The summed E-state index contributed by atoms with van der Waals surface area (Å²) in [5.74, 6) is 1.79. The Labute approximate surface area is 141 Å². The predicted molar refractivity (Wildman–Crippen MR) is 94.2 cm³/mol. The maximum absolute atomic E-state index is 4.62. The molecule has 1 fully saturated rings. The summed E-state index contributed by atoms with van der Waals surface area (Å²) in [6.07, 6.45) is 9.86. The Kier molecular flexibility index (Phi) is 4.95. The standard InChI is InChI=1S/C16H22N6S/c1-12-9-18-15(19-10-12)21(2)13-5-4-8-22(11-13)14-6-7-17-16(20-14)23-3/h6-7,9-10,13H,4-5,8,11H2,1-3H3. The number of nitrogens with zero attached hydrogens (tertiary/aromatic N) is 6. The van der Waals surface area contributed by atoms with Crippen LogP contribution in [0, 0.1) is 6.92 Å². The molecule has 0 amide bonds. The molecule has 1 aliphatic heterocycles. The molecule has 7 heteroatoms. The van der Waals surface area contributed by atoms with Gasteiger partial charge in [-0.15, -0.1) is 0 Å². The molecule has 2 aromatic rings. The molecule has 0 aliphatic carbocycles. The molecule has 0 spiro atoms. The van der Waals surface area contributed by atoms with E-state index >= 15 is 0 Å². The van der Waals surface area contributed by atoms with Crippen LogP contribution in [-0.2, 0) is 0 Å². The lowest BCUT2D eigenvalue weighted by molar-refractivity contribution is 0.480. The molecular weight excluding hydrogens is 308 g/mol. The molecule has 0 radical (unpaired) electrons. The summed E-state index contributed by atoms with van der Waals surface area (Å²) in [6.45, 7) is 3.97. The van der Waals surface area contributed by atoms with Crippen LogP contribution in [0.1, 0.15) is 18.4 Å². The molecular formula is C16H22N6S. The molecule has 122 valence electrons. The van der Waals surface area contributed by atoms with Gasteiger partial charge in [0.25, 0.3) is 0 Å². The topological polar surface area (TPSA) is 58.0 Å². The number of aromatic nitrogens is 4. The van der Waals surface area contributed by atoms with E-state index in [0.717, 1.165) is 48.4 Å². The second-order valence-corrected chi connectivity index (χ2v) is 6.59. The van der Waals surface area contributed by atoms with Gasteiger partial charge in [0.05, 0.1) is 0 Å². The average Bonchev–Trinajstić information content (AvgIpc) is 2.62. The van der Waals surface area contributed by atoms with Gasteiger partial charge >= 0.3 is 0 Å². The van der Waals surface area contributed by atoms with E-state index in [-0.39, 0.29) is 0 Å². The van der Waals surface area contributed by atoms with E-state index < -0.39 is 0 Å². The number of rotatable bonds is 4. The number of hydrogen-bond acceptors (Lipinski definition) is 7. The Balaban J connectivity index is 1.73. The molecule has 3 rings (SSSR count). The summed E-state index contributed by atoms with van der Waals surface area (Å²) in [4.78, 5) is 22.3. The summed E-state index contributed by atoms with van der Waals surface area (Å²) < 4.78 is 0. The Bertz CT molecular complexity index is 647. The van der Waals surface area contributed by atoms with Gasteiger partial charge in [-0.1, -0.05) is 11.8 Å². The minimum absolute atomic E-state index is 0.388. The first-order valence-corrected chi connectivity index (χ1v) is 9.03. The van der Waals surface area contributed by atoms with E-state index in [0.29, 0.717) is 6.04 Å². The molecule has 6 nitrogen and oxygen atoms in total. The van der Waals surface area contributed by atoms with Crippen molar-refractivity contribution in [2.45, 2.75) is 31.0 Å². The highest BCUT2D eigenvalue weighted by molar-refractivity contribution is 7.98. The second-order valence-electron chi connectivity index (χ2n) is 5.81. The summed E-state index contributed by atoms with van der Waals surface area (Å²) in [7, 11) is 2.08. The van der Waals surface area contributed by atoms with Crippen LogP contribution in [-0.4, -0.2) is 52.4 Å². The average molecular weight is 330 g/mol. The third-order valence-corrected chi connectivity index (χ3v) is 4.71. The number of likely N-dealkylation sites (N-methyl/N-ethyl adjacent to an activating group) is 1. The fourth-order valence-corrected chi connectivity index (χ4v) is 3.17. The minimum atomic E-state index is 0.388. The van der Waals surface area contributed by atoms with E-state index in [9.17, 15) is 0 Å². The highest BCUT2D eigenvalue weighted by atomic mass is 32.2. The molecule has 1 saturated heterocycles. The van der Waals surface area contributed by atoms with Crippen molar-refractivity contribution in [3.8, 4) is 0 Å². The van der Waals surface area contributed by atoms with Crippen LogP contribution < -0.4 is 9.80 Å². The summed E-state index contributed by atoms with van der Waals surface area (Å²) in [5.41, 5.74) is 1.08. The van der Waals surface area contributed by atoms with Crippen molar-refractivity contribution in [1.82, 2.24) is 19.9 Å². The smallest absolute Gasteiger partial charge is 0.225 e. The Morgan fingerprint density at radius 1 is 1.26 bits per heavy atom. The normalized spacial score (nSPS) is 18.0. The predicted octanol–water partition coefficient (Wildman–Crippen LogP) is 2.40. The molecule has 2 aromatic heterocycles. The van der Waals surface area contributed by atoms with Crippen LogP contribution in [0.25, 0.3) is 0 Å². The highest BCUT2D eigenvalue weighted by Crippen LogP contribution is 2.23. The van der Waals surface area contributed by atoms with Crippen molar-refractivity contribution >= 4 is 23.5 Å². The zero-order valence-electron chi connectivity index (χ0n) is 13.8. The molecule has 0 aromatic carbocycles. The van der Waals surface area contributed by atoms with E-state index in [2.05, 4.69) is 36.8 Å². The third-order valence-electron chi connectivity index (χ3n) is 4.15. The van der Waals surface area contributed by atoms with E-state index in [1.165, 1.54) is 0 Å². The van der Waals surface area contributed by atoms with Crippen LogP contribution in [0.15, 0.2) is 29.8 Å². The SMILES string of the molecule is CSc1nccc(N2CCCC(N(C)c3ncc(C)cn3)C2)n1. The quantitative estimate of drug-likeness (QED) is 0.630. The van der Waals surface area contributed by atoms with E-state index in [1.807, 2.05) is 37.8 Å². The van der Waals surface area contributed by atoms with Gasteiger partial charge in [-0.25, -0.2) is 19.9 Å². The first-order valence-electron chi connectivity index (χ1n) is 7.81. The van der Waals surface area contributed by atoms with Crippen molar-refractivity contribution in [2.75, 3.05) is 36.2 Å². The zero-order valence-corrected chi connectivity index (χ0v) is 14.6. The summed E-state index contributed by atoms with van der Waals surface area (Å²) >= 11 is 1.57. The molecule has 0 N–H and O–H groups in total. The number of aryl methyl sites for hydroxylation is 1. The van der Waals surface area contributed by atoms with Crippen molar-refractivity contribution in [3.63, 3.8) is 0 Å². The van der Waals surface area contributed by atoms with Gasteiger partial charge in [0.2, 0.25) is 5.95 Å². The number of piperidine rings is 1. The molecule has 1 atom stereocenters. The minimum Gasteiger partial charge on any atom is -0.354 e. The first kappa shape index (κ1) is 16.0. The molecule has 0 bridgehead atoms. The van der Waals surface area contributed by atoms with Gasteiger partial charge in [-0.2, -0.15) is 0 Å². The van der Waals surface area contributed by atoms with Crippen LogP contribution in [0.4, 0.5) is 11.8 Å². The number of thioether (sulfide) groups is 1. The van der Waals surface area contributed by atoms with Gasteiger partial charge in [-0.05, 0) is 37.7 Å². The van der Waals surface area contributed by atoms with Crippen LogP contribution >= 0.6 is 11.8 Å².